The topological polar surface area (TPSA) is 46.2 Å². The Bertz CT molecular complexity index is 351. The second-order valence-corrected chi connectivity index (χ2v) is 4.40. The summed E-state index contributed by atoms with van der Waals surface area (Å²) in [7, 11) is 0. The lowest BCUT2D eigenvalue weighted by Crippen LogP contribution is -2.29. The maximum atomic E-state index is 13.5. The van der Waals surface area contributed by atoms with Crippen LogP contribution in [-0.2, 0) is 0 Å². The van der Waals surface area contributed by atoms with Gasteiger partial charge in [0.1, 0.15) is 5.82 Å². The molecule has 1 aliphatic rings. The predicted octanol–water partition coefficient (Wildman–Crippen LogP) is 2.67. The molecule has 0 bridgehead atoms. The first kappa shape index (κ1) is 13.7. The second kappa shape index (κ2) is 5.32. The molecule has 0 spiro atoms. The molecule has 0 saturated heterocycles. The molecule has 2 nitrogen and oxygen atoms in total. The highest BCUT2D eigenvalue weighted by molar-refractivity contribution is 6.31. The van der Waals surface area contributed by atoms with E-state index in [0.29, 0.717) is 0 Å². The van der Waals surface area contributed by atoms with Crippen LogP contribution in [0, 0.1) is 11.7 Å². The van der Waals surface area contributed by atoms with Crippen LogP contribution in [0.15, 0.2) is 18.2 Å². The van der Waals surface area contributed by atoms with Gasteiger partial charge in [0.25, 0.3) is 0 Å². The third kappa shape index (κ3) is 2.66. The van der Waals surface area contributed by atoms with Gasteiger partial charge in [0.05, 0.1) is 12.1 Å². The Hall–Kier alpha value is -0.350. The highest BCUT2D eigenvalue weighted by Gasteiger charge is 2.35. The van der Waals surface area contributed by atoms with E-state index < -0.39 is 18.0 Å². The first-order valence-electron chi connectivity index (χ1n) is 4.99. The van der Waals surface area contributed by atoms with Gasteiger partial charge in [-0.2, -0.15) is 0 Å². The molecule has 0 aliphatic heterocycles. The van der Waals surface area contributed by atoms with Crippen LogP contribution < -0.4 is 5.73 Å². The van der Waals surface area contributed by atoms with Gasteiger partial charge in [-0.1, -0.05) is 17.7 Å². The molecule has 0 unspecified atom stereocenters. The lowest BCUT2D eigenvalue weighted by molar-refractivity contribution is 0.121. The van der Waals surface area contributed by atoms with Crippen LogP contribution in [0.3, 0.4) is 0 Å². The van der Waals surface area contributed by atoms with Crippen molar-refractivity contribution in [3.05, 3.63) is 34.6 Å². The number of nitrogens with two attached hydrogens (primary N) is 1. The van der Waals surface area contributed by atoms with E-state index in [1.807, 2.05) is 0 Å². The summed E-state index contributed by atoms with van der Waals surface area (Å²) in [6.45, 7) is 0. The molecule has 3 N–H and O–H groups in total. The summed E-state index contributed by atoms with van der Waals surface area (Å²) in [5.41, 5.74) is 6.03. The van der Waals surface area contributed by atoms with Crippen molar-refractivity contribution in [3.63, 3.8) is 0 Å². The SMILES string of the molecule is Cl.N[C@H](c1c(F)cccc1Cl)[C@@H](O)C1CC1. The fraction of sp³-hybridized carbons (Fsp3) is 0.455. The van der Waals surface area contributed by atoms with Crippen LogP contribution in [-0.4, -0.2) is 11.2 Å². The molecular weight excluding hydrogens is 252 g/mol. The van der Waals surface area contributed by atoms with Gasteiger partial charge in [-0.05, 0) is 30.9 Å². The van der Waals surface area contributed by atoms with Gasteiger partial charge in [0, 0.05) is 10.6 Å². The minimum absolute atomic E-state index is 0. The minimum Gasteiger partial charge on any atom is -0.391 e. The number of hydrogen-bond acceptors (Lipinski definition) is 2. The van der Waals surface area contributed by atoms with Gasteiger partial charge in [0.15, 0.2) is 0 Å². The van der Waals surface area contributed by atoms with Gasteiger partial charge >= 0.3 is 0 Å². The number of benzene rings is 1. The highest BCUT2D eigenvalue weighted by Crippen LogP contribution is 2.39. The zero-order valence-electron chi connectivity index (χ0n) is 8.57. The van der Waals surface area contributed by atoms with E-state index >= 15 is 0 Å². The Balaban J connectivity index is 0.00000128. The molecule has 1 saturated carbocycles. The van der Waals surface area contributed by atoms with Crippen molar-refractivity contribution in [2.75, 3.05) is 0 Å². The molecule has 5 heteroatoms. The summed E-state index contributed by atoms with van der Waals surface area (Å²) in [6, 6.07) is 3.68. The van der Waals surface area contributed by atoms with E-state index in [2.05, 4.69) is 0 Å². The van der Waals surface area contributed by atoms with Crippen LogP contribution in [0.25, 0.3) is 0 Å². The normalized spacial score (nSPS) is 18.8. The molecule has 2 atom stereocenters. The van der Waals surface area contributed by atoms with E-state index in [0.717, 1.165) is 12.8 Å². The Morgan fingerprint density at radius 3 is 2.56 bits per heavy atom. The molecule has 90 valence electrons. The van der Waals surface area contributed by atoms with E-state index in [1.54, 1.807) is 6.07 Å². The van der Waals surface area contributed by atoms with Crippen molar-refractivity contribution in [1.82, 2.24) is 0 Å². The van der Waals surface area contributed by atoms with E-state index in [1.165, 1.54) is 12.1 Å². The van der Waals surface area contributed by atoms with Gasteiger partial charge in [-0.25, -0.2) is 4.39 Å². The molecule has 1 fully saturated rings. The minimum atomic E-state index is -0.730. The van der Waals surface area contributed by atoms with Crippen molar-refractivity contribution in [3.8, 4) is 0 Å². The number of rotatable bonds is 3. The monoisotopic (exact) mass is 265 g/mol. The summed E-state index contributed by atoms with van der Waals surface area (Å²) in [6.07, 6.45) is 1.22. The van der Waals surface area contributed by atoms with Gasteiger partial charge < -0.3 is 10.8 Å². The Kier molecular flexibility index (Phi) is 4.56. The van der Waals surface area contributed by atoms with Crippen LogP contribution in [0.5, 0.6) is 0 Å². The summed E-state index contributed by atoms with van der Waals surface area (Å²) in [5.74, 6) is -0.245. The highest BCUT2D eigenvalue weighted by atomic mass is 35.5. The van der Waals surface area contributed by atoms with Crippen molar-refractivity contribution in [2.45, 2.75) is 25.0 Å². The van der Waals surface area contributed by atoms with E-state index in [9.17, 15) is 9.50 Å². The molecule has 0 heterocycles. The summed E-state index contributed by atoms with van der Waals surface area (Å²) >= 11 is 5.86. The van der Waals surface area contributed by atoms with Crippen LogP contribution >= 0.6 is 24.0 Å². The first-order chi connectivity index (χ1) is 7.11. The summed E-state index contributed by atoms with van der Waals surface area (Å²) < 4.78 is 13.5. The number of aliphatic hydroxyl groups is 1. The standard InChI is InChI=1S/C11H13ClFNO.ClH/c12-7-2-1-3-8(13)9(7)10(14)11(15)6-4-5-6;/h1-3,6,10-11,15H,4-5,14H2;1H/t10-,11+;/m1./s1. The van der Waals surface area contributed by atoms with Crippen LogP contribution in [0.1, 0.15) is 24.4 Å². The molecule has 1 aliphatic carbocycles. The predicted molar refractivity (Wildman–Crippen MR) is 64.3 cm³/mol. The van der Waals surface area contributed by atoms with Gasteiger partial charge in [-0.3, -0.25) is 0 Å². The largest absolute Gasteiger partial charge is 0.391 e. The zero-order valence-corrected chi connectivity index (χ0v) is 10.1. The number of hydrogen-bond donors (Lipinski definition) is 2. The Labute approximate surface area is 105 Å². The van der Waals surface area contributed by atoms with Gasteiger partial charge in [0.2, 0.25) is 0 Å². The quantitative estimate of drug-likeness (QED) is 0.883. The lowest BCUT2D eigenvalue weighted by atomic mass is 9.98. The van der Waals surface area contributed by atoms with E-state index in [4.69, 9.17) is 17.3 Å². The fourth-order valence-corrected chi connectivity index (χ4v) is 2.02. The van der Waals surface area contributed by atoms with Crippen molar-refractivity contribution in [2.24, 2.45) is 11.7 Å². The summed E-state index contributed by atoms with van der Waals surface area (Å²) in [5, 5.41) is 10.1. The van der Waals surface area contributed by atoms with Gasteiger partial charge in [-0.15, -0.1) is 12.4 Å². The molecule has 0 aromatic heterocycles. The maximum Gasteiger partial charge on any atom is 0.129 e. The molecular formula is C11H14Cl2FNO. The Morgan fingerprint density at radius 1 is 1.44 bits per heavy atom. The molecule has 1 aromatic carbocycles. The Morgan fingerprint density at radius 2 is 2.06 bits per heavy atom. The first-order valence-corrected chi connectivity index (χ1v) is 5.36. The number of aliphatic hydroxyl groups excluding tert-OH is 1. The average Bonchev–Trinajstić information content (AvgIpc) is 2.99. The maximum absolute atomic E-state index is 13.5. The number of halogens is 3. The lowest BCUT2D eigenvalue weighted by Gasteiger charge is -2.20. The smallest absolute Gasteiger partial charge is 0.129 e. The van der Waals surface area contributed by atoms with Crippen molar-refractivity contribution < 1.29 is 9.50 Å². The third-order valence-electron chi connectivity index (χ3n) is 2.81. The summed E-state index contributed by atoms with van der Waals surface area (Å²) in [4.78, 5) is 0. The molecule has 16 heavy (non-hydrogen) atoms. The molecule has 0 radical (unpaired) electrons. The fourth-order valence-electron chi connectivity index (χ4n) is 1.73. The molecule has 0 amide bonds. The molecule has 2 rings (SSSR count). The third-order valence-corrected chi connectivity index (χ3v) is 3.14. The zero-order chi connectivity index (χ0) is 11.0. The average molecular weight is 266 g/mol. The van der Waals surface area contributed by atoms with Crippen molar-refractivity contribution >= 4 is 24.0 Å². The van der Waals surface area contributed by atoms with Crippen LogP contribution in [0.2, 0.25) is 5.02 Å². The second-order valence-electron chi connectivity index (χ2n) is 3.99. The van der Waals surface area contributed by atoms with Crippen molar-refractivity contribution in [1.29, 1.82) is 0 Å². The van der Waals surface area contributed by atoms with E-state index in [-0.39, 0.29) is 28.9 Å². The molecule has 1 aromatic rings. The van der Waals surface area contributed by atoms with Crippen LogP contribution in [0.4, 0.5) is 4.39 Å².